The van der Waals surface area contributed by atoms with Gasteiger partial charge in [0.05, 0.1) is 6.04 Å². The molecule has 0 radical (unpaired) electrons. The van der Waals surface area contributed by atoms with E-state index in [2.05, 4.69) is 41.6 Å². The SMILES string of the molecule is CC(C)C1NC(c2cccs2)N(C2CCCC2)C1=O. The van der Waals surface area contributed by atoms with Crippen molar-refractivity contribution in [2.24, 2.45) is 5.92 Å². The van der Waals surface area contributed by atoms with Crippen molar-refractivity contribution in [2.75, 3.05) is 0 Å². The van der Waals surface area contributed by atoms with Crippen LogP contribution in [0.1, 0.15) is 50.6 Å². The molecule has 2 unspecified atom stereocenters. The molecule has 104 valence electrons. The Bertz CT molecular complexity index is 437. The number of hydrogen-bond donors (Lipinski definition) is 1. The fourth-order valence-corrected chi connectivity index (χ4v) is 4.11. The summed E-state index contributed by atoms with van der Waals surface area (Å²) in [6.45, 7) is 4.25. The lowest BCUT2D eigenvalue weighted by atomic mass is 10.0. The van der Waals surface area contributed by atoms with Gasteiger partial charge in [0.2, 0.25) is 5.91 Å². The number of carbonyl (C=O) groups is 1. The monoisotopic (exact) mass is 278 g/mol. The Morgan fingerprint density at radius 3 is 2.68 bits per heavy atom. The van der Waals surface area contributed by atoms with Crippen LogP contribution in [0, 0.1) is 5.92 Å². The molecule has 2 heterocycles. The average molecular weight is 278 g/mol. The zero-order valence-corrected chi connectivity index (χ0v) is 12.5. The van der Waals surface area contributed by atoms with Crippen LogP contribution in [0.3, 0.4) is 0 Å². The lowest BCUT2D eigenvalue weighted by molar-refractivity contribution is -0.132. The molecule has 2 fully saturated rings. The number of amides is 1. The Balaban J connectivity index is 1.89. The summed E-state index contributed by atoms with van der Waals surface area (Å²) in [5.74, 6) is 0.654. The number of carbonyl (C=O) groups excluding carboxylic acids is 1. The number of nitrogens with zero attached hydrogens (tertiary/aromatic N) is 1. The quantitative estimate of drug-likeness (QED) is 0.921. The first-order valence-electron chi connectivity index (χ1n) is 7.30. The van der Waals surface area contributed by atoms with Crippen molar-refractivity contribution in [3.8, 4) is 0 Å². The highest BCUT2D eigenvalue weighted by atomic mass is 32.1. The van der Waals surface area contributed by atoms with E-state index >= 15 is 0 Å². The Labute approximate surface area is 119 Å². The Morgan fingerprint density at radius 2 is 2.11 bits per heavy atom. The summed E-state index contributed by atoms with van der Waals surface area (Å²) >= 11 is 1.74. The van der Waals surface area contributed by atoms with Crippen molar-refractivity contribution in [1.29, 1.82) is 0 Å². The zero-order chi connectivity index (χ0) is 13.4. The van der Waals surface area contributed by atoms with Gasteiger partial charge in [-0.3, -0.25) is 10.1 Å². The molecule has 2 aliphatic rings. The van der Waals surface area contributed by atoms with Gasteiger partial charge in [-0.2, -0.15) is 0 Å². The van der Waals surface area contributed by atoms with E-state index in [-0.39, 0.29) is 12.2 Å². The van der Waals surface area contributed by atoms with Crippen LogP contribution in [-0.4, -0.2) is 22.9 Å². The molecule has 3 rings (SSSR count). The van der Waals surface area contributed by atoms with Crippen LogP contribution in [0.4, 0.5) is 0 Å². The summed E-state index contributed by atoms with van der Waals surface area (Å²) in [5.41, 5.74) is 0. The number of hydrogen-bond acceptors (Lipinski definition) is 3. The predicted molar refractivity (Wildman–Crippen MR) is 77.9 cm³/mol. The van der Waals surface area contributed by atoms with Gasteiger partial charge in [-0.25, -0.2) is 0 Å². The molecule has 19 heavy (non-hydrogen) atoms. The van der Waals surface area contributed by atoms with Crippen molar-refractivity contribution in [3.05, 3.63) is 22.4 Å². The van der Waals surface area contributed by atoms with Gasteiger partial charge in [-0.15, -0.1) is 11.3 Å². The Morgan fingerprint density at radius 1 is 1.37 bits per heavy atom. The van der Waals surface area contributed by atoms with Gasteiger partial charge < -0.3 is 4.90 Å². The molecule has 3 nitrogen and oxygen atoms in total. The lowest BCUT2D eigenvalue weighted by Gasteiger charge is -2.29. The second-order valence-corrected chi connectivity index (χ2v) is 6.97. The van der Waals surface area contributed by atoms with Crippen LogP contribution < -0.4 is 5.32 Å². The predicted octanol–water partition coefficient (Wildman–Crippen LogP) is 3.15. The molecule has 0 bridgehead atoms. The van der Waals surface area contributed by atoms with Gasteiger partial charge in [0.25, 0.3) is 0 Å². The zero-order valence-electron chi connectivity index (χ0n) is 11.6. The Kier molecular flexibility index (Phi) is 3.63. The molecule has 2 atom stereocenters. The first-order chi connectivity index (χ1) is 9.18. The van der Waals surface area contributed by atoms with Crippen LogP contribution in [0.5, 0.6) is 0 Å². The molecular formula is C15H22N2OS. The van der Waals surface area contributed by atoms with Gasteiger partial charge in [-0.05, 0) is 30.2 Å². The van der Waals surface area contributed by atoms with E-state index < -0.39 is 0 Å². The first-order valence-corrected chi connectivity index (χ1v) is 8.18. The van der Waals surface area contributed by atoms with E-state index in [0.717, 1.165) is 0 Å². The molecule has 1 aliphatic heterocycles. The van der Waals surface area contributed by atoms with Gasteiger partial charge in [-0.1, -0.05) is 32.8 Å². The number of thiophene rings is 1. The highest BCUT2D eigenvalue weighted by Crippen LogP contribution is 2.36. The maximum atomic E-state index is 12.7. The Hall–Kier alpha value is -0.870. The number of rotatable bonds is 3. The molecular weight excluding hydrogens is 256 g/mol. The highest BCUT2D eigenvalue weighted by Gasteiger charge is 2.44. The van der Waals surface area contributed by atoms with E-state index in [1.807, 2.05) is 0 Å². The average Bonchev–Trinajstić information content (AvgIpc) is 3.07. The van der Waals surface area contributed by atoms with Crippen LogP contribution in [0.25, 0.3) is 0 Å². The minimum atomic E-state index is -0.0206. The summed E-state index contributed by atoms with van der Waals surface area (Å²) in [4.78, 5) is 16.1. The summed E-state index contributed by atoms with van der Waals surface area (Å²) in [7, 11) is 0. The molecule has 1 aliphatic carbocycles. The minimum absolute atomic E-state index is 0.0206. The normalized spacial score (nSPS) is 28.8. The summed E-state index contributed by atoms with van der Waals surface area (Å²) in [6.07, 6.45) is 4.96. The summed E-state index contributed by atoms with van der Waals surface area (Å²) in [5, 5.41) is 5.65. The van der Waals surface area contributed by atoms with Gasteiger partial charge in [0.15, 0.2) is 0 Å². The molecule has 0 aromatic carbocycles. The van der Waals surface area contributed by atoms with Crippen LogP contribution in [0.15, 0.2) is 17.5 Å². The molecule has 4 heteroatoms. The first kappa shape index (κ1) is 13.1. The van der Waals surface area contributed by atoms with Crippen molar-refractivity contribution < 1.29 is 4.79 Å². The third kappa shape index (κ3) is 2.32. The maximum absolute atomic E-state index is 12.7. The maximum Gasteiger partial charge on any atom is 0.241 e. The molecule has 1 N–H and O–H groups in total. The van der Waals surface area contributed by atoms with E-state index in [1.165, 1.54) is 30.6 Å². The topological polar surface area (TPSA) is 32.3 Å². The standard InChI is InChI=1S/C15H22N2OS/c1-10(2)13-15(18)17(11-6-3-4-7-11)14(16-13)12-8-5-9-19-12/h5,8-11,13-14,16H,3-4,6-7H2,1-2H3. The molecule has 1 aromatic rings. The van der Waals surface area contributed by atoms with E-state index in [4.69, 9.17) is 0 Å². The smallest absolute Gasteiger partial charge is 0.241 e. The third-order valence-corrected chi connectivity index (χ3v) is 5.26. The largest absolute Gasteiger partial charge is 0.318 e. The van der Waals surface area contributed by atoms with Crippen molar-refractivity contribution in [1.82, 2.24) is 10.2 Å². The van der Waals surface area contributed by atoms with Crippen LogP contribution in [-0.2, 0) is 4.79 Å². The molecule has 1 aromatic heterocycles. The molecule has 1 saturated carbocycles. The fraction of sp³-hybridized carbons (Fsp3) is 0.667. The van der Waals surface area contributed by atoms with Gasteiger partial charge in [0, 0.05) is 10.9 Å². The minimum Gasteiger partial charge on any atom is -0.318 e. The second kappa shape index (κ2) is 5.25. The summed E-state index contributed by atoms with van der Waals surface area (Å²) < 4.78 is 0. The van der Waals surface area contributed by atoms with Crippen molar-refractivity contribution in [2.45, 2.75) is 57.8 Å². The third-order valence-electron chi connectivity index (χ3n) is 4.33. The second-order valence-electron chi connectivity index (χ2n) is 5.99. The molecule has 1 amide bonds. The van der Waals surface area contributed by atoms with E-state index in [9.17, 15) is 4.79 Å². The van der Waals surface area contributed by atoms with Crippen molar-refractivity contribution in [3.63, 3.8) is 0 Å². The highest BCUT2D eigenvalue weighted by molar-refractivity contribution is 7.10. The summed E-state index contributed by atoms with van der Waals surface area (Å²) in [6, 6.07) is 4.63. The van der Waals surface area contributed by atoms with Crippen molar-refractivity contribution >= 4 is 17.2 Å². The van der Waals surface area contributed by atoms with Gasteiger partial charge in [0.1, 0.15) is 6.17 Å². The fourth-order valence-electron chi connectivity index (χ4n) is 3.33. The van der Waals surface area contributed by atoms with Gasteiger partial charge >= 0.3 is 0 Å². The molecule has 0 spiro atoms. The molecule has 1 saturated heterocycles. The number of nitrogens with one attached hydrogen (secondary N) is 1. The van der Waals surface area contributed by atoms with E-state index in [0.29, 0.717) is 17.9 Å². The lowest BCUT2D eigenvalue weighted by Crippen LogP contribution is -2.39. The van der Waals surface area contributed by atoms with E-state index in [1.54, 1.807) is 11.3 Å². The van der Waals surface area contributed by atoms with Crippen LogP contribution in [0.2, 0.25) is 0 Å². The van der Waals surface area contributed by atoms with Crippen LogP contribution >= 0.6 is 11.3 Å².